The maximum atomic E-state index is 5.64. The van der Waals surface area contributed by atoms with Gasteiger partial charge in [0.15, 0.2) is 0 Å². The number of hydrogen-bond acceptors (Lipinski definition) is 4. The van der Waals surface area contributed by atoms with Gasteiger partial charge in [0, 0.05) is 0 Å². The Balaban J connectivity index is 1.82. The summed E-state index contributed by atoms with van der Waals surface area (Å²) in [4.78, 5) is 0. The van der Waals surface area contributed by atoms with Crippen molar-refractivity contribution in [1.82, 2.24) is 0 Å². The summed E-state index contributed by atoms with van der Waals surface area (Å²) in [6.07, 6.45) is 6.13. The van der Waals surface area contributed by atoms with E-state index < -0.39 is 0 Å². The predicted molar refractivity (Wildman–Crippen MR) is 65.4 cm³/mol. The molecule has 0 N–H and O–H groups in total. The molecule has 2 saturated heterocycles. The Morgan fingerprint density at radius 3 is 1.65 bits per heavy atom. The lowest BCUT2D eigenvalue weighted by atomic mass is 9.54. The third kappa shape index (κ3) is 2.60. The molecule has 0 aromatic heterocycles. The van der Waals surface area contributed by atoms with E-state index >= 15 is 0 Å². The van der Waals surface area contributed by atoms with Crippen molar-refractivity contribution in [2.24, 2.45) is 0 Å². The summed E-state index contributed by atoms with van der Waals surface area (Å²) in [6, 6.07) is 0. The van der Waals surface area contributed by atoms with Crippen LogP contribution in [0.2, 0.25) is 0 Å². The third-order valence-electron chi connectivity index (χ3n) is 3.62. The maximum Gasteiger partial charge on any atom is 0.485 e. The average molecular weight is 236 g/mol. The molecule has 0 amide bonds. The van der Waals surface area contributed by atoms with Gasteiger partial charge in [0.1, 0.15) is 0 Å². The molecule has 0 bridgehead atoms. The van der Waals surface area contributed by atoms with Gasteiger partial charge in [0.25, 0.3) is 0 Å². The van der Waals surface area contributed by atoms with E-state index in [4.69, 9.17) is 18.6 Å². The van der Waals surface area contributed by atoms with Gasteiger partial charge in [-0.1, -0.05) is 12.0 Å². The minimum absolute atomic E-state index is 0.230. The van der Waals surface area contributed by atoms with Crippen LogP contribution in [0.25, 0.3) is 0 Å². The Morgan fingerprint density at radius 1 is 0.706 bits per heavy atom. The molecular weight excluding hydrogens is 218 g/mol. The van der Waals surface area contributed by atoms with E-state index in [-0.39, 0.29) is 14.2 Å². The van der Waals surface area contributed by atoms with Gasteiger partial charge in [-0.3, -0.25) is 0 Å². The van der Waals surface area contributed by atoms with Gasteiger partial charge in [0.2, 0.25) is 0 Å². The largest absolute Gasteiger partial charge is 0.485 e. The van der Waals surface area contributed by atoms with E-state index in [0.29, 0.717) is 26.4 Å². The fourth-order valence-corrected chi connectivity index (χ4v) is 2.79. The summed E-state index contributed by atoms with van der Waals surface area (Å²) in [7, 11) is -0.461. The molecule has 0 radical (unpaired) electrons. The molecule has 4 nitrogen and oxygen atoms in total. The van der Waals surface area contributed by atoms with Crippen molar-refractivity contribution in [3.63, 3.8) is 0 Å². The van der Waals surface area contributed by atoms with Gasteiger partial charge in [-0.25, -0.2) is 0 Å². The van der Waals surface area contributed by atoms with Gasteiger partial charge < -0.3 is 18.6 Å². The quantitative estimate of drug-likeness (QED) is 0.679. The Hall–Kier alpha value is -0.290. The smallest absolute Gasteiger partial charge is 0.406 e. The lowest BCUT2D eigenvalue weighted by molar-refractivity contribution is 0.365. The van der Waals surface area contributed by atoms with Crippen LogP contribution >= 0.6 is 0 Å². The molecule has 3 rings (SSSR count). The maximum absolute atomic E-state index is 5.64. The van der Waals surface area contributed by atoms with Crippen LogP contribution in [0.5, 0.6) is 0 Å². The lowest BCUT2D eigenvalue weighted by Gasteiger charge is -2.21. The van der Waals surface area contributed by atoms with Gasteiger partial charge in [0.05, 0.1) is 26.4 Å². The monoisotopic (exact) mass is 236 g/mol. The van der Waals surface area contributed by atoms with Crippen LogP contribution in [-0.4, -0.2) is 40.7 Å². The molecule has 0 unspecified atom stereocenters. The predicted octanol–water partition coefficient (Wildman–Crippen LogP) is 1.40. The Labute approximate surface area is 103 Å². The zero-order valence-corrected chi connectivity index (χ0v) is 10.2. The summed E-state index contributed by atoms with van der Waals surface area (Å²) in [5.74, 6) is 0. The Kier molecular flexibility index (Phi) is 3.86. The zero-order valence-electron chi connectivity index (χ0n) is 10.2. The molecular formula is C11H18B2O4. The Morgan fingerprint density at radius 2 is 1.18 bits per heavy atom. The molecule has 0 spiro atoms. The van der Waals surface area contributed by atoms with Gasteiger partial charge >= 0.3 is 14.2 Å². The fourth-order valence-electron chi connectivity index (χ4n) is 2.79. The summed E-state index contributed by atoms with van der Waals surface area (Å²) < 4.78 is 22.6. The zero-order chi connectivity index (χ0) is 11.5. The second-order valence-corrected chi connectivity index (χ2v) is 4.77. The summed E-state index contributed by atoms with van der Waals surface area (Å²) in [5, 5.41) is 1.12. The molecule has 92 valence electrons. The van der Waals surface area contributed by atoms with Crippen LogP contribution in [0.4, 0.5) is 0 Å². The summed E-state index contributed by atoms with van der Waals surface area (Å²) in [5.41, 5.74) is 1.44. The summed E-state index contributed by atoms with van der Waals surface area (Å²) >= 11 is 0. The topological polar surface area (TPSA) is 36.9 Å². The average Bonchev–Trinajstić information content (AvgIpc) is 3.04. The van der Waals surface area contributed by atoms with Crippen molar-refractivity contribution in [2.45, 2.75) is 32.1 Å². The molecule has 3 fully saturated rings. The van der Waals surface area contributed by atoms with Crippen molar-refractivity contribution in [3.05, 3.63) is 10.9 Å². The highest BCUT2D eigenvalue weighted by Crippen LogP contribution is 2.30. The van der Waals surface area contributed by atoms with E-state index in [1.807, 2.05) is 0 Å². The second kappa shape index (κ2) is 5.57. The van der Waals surface area contributed by atoms with Crippen LogP contribution in [0, 0.1) is 0 Å². The minimum Gasteiger partial charge on any atom is -0.406 e. The first-order valence-electron chi connectivity index (χ1n) is 6.63. The first-order valence-corrected chi connectivity index (χ1v) is 6.63. The summed E-state index contributed by atoms with van der Waals surface area (Å²) in [6.45, 7) is 2.70. The third-order valence-corrected chi connectivity index (χ3v) is 3.62. The SMILES string of the molecule is C1CCC(=C(B2OCCO2)B2OCCO2)CC1. The van der Waals surface area contributed by atoms with Crippen molar-refractivity contribution in [3.8, 4) is 0 Å². The fraction of sp³-hybridized carbons (Fsp3) is 0.818. The highest BCUT2D eigenvalue weighted by atomic mass is 16.7. The molecule has 17 heavy (non-hydrogen) atoms. The molecule has 6 heteroatoms. The molecule has 1 aliphatic carbocycles. The van der Waals surface area contributed by atoms with Crippen LogP contribution in [0.1, 0.15) is 32.1 Å². The molecule has 0 aromatic carbocycles. The van der Waals surface area contributed by atoms with Crippen molar-refractivity contribution in [1.29, 1.82) is 0 Å². The highest BCUT2D eigenvalue weighted by molar-refractivity contribution is 6.78. The van der Waals surface area contributed by atoms with E-state index in [9.17, 15) is 0 Å². The van der Waals surface area contributed by atoms with Crippen LogP contribution in [0.3, 0.4) is 0 Å². The number of hydrogen-bond donors (Lipinski definition) is 0. The van der Waals surface area contributed by atoms with Crippen LogP contribution < -0.4 is 0 Å². The van der Waals surface area contributed by atoms with Gasteiger partial charge in [-0.15, -0.1) is 0 Å². The molecule has 3 aliphatic rings. The van der Waals surface area contributed by atoms with E-state index in [2.05, 4.69) is 0 Å². The molecule has 0 atom stereocenters. The highest BCUT2D eigenvalue weighted by Gasteiger charge is 2.42. The van der Waals surface area contributed by atoms with Crippen LogP contribution in [0.15, 0.2) is 10.9 Å². The van der Waals surface area contributed by atoms with E-state index in [1.165, 1.54) is 24.8 Å². The Bertz CT molecular complexity index is 270. The van der Waals surface area contributed by atoms with Crippen molar-refractivity contribution in [2.75, 3.05) is 26.4 Å². The van der Waals surface area contributed by atoms with Gasteiger partial charge in [-0.05, 0) is 31.1 Å². The first-order chi connectivity index (χ1) is 8.45. The standard InChI is InChI=1S/C11H18B2O4/c1-2-4-10(5-3-1)11(12-14-6-7-15-12)13-16-8-9-17-13/h1-9H2. The molecule has 2 heterocycles. The first kappa shape index (κ1) is 11.8. The number of allylic oxidation sites excluding steroid dienone is 1. The van der Waals surface area contributed by atoms with Crippen LogP contribution in [-0.2, 0) is 18.6 Å². The van der Waals surface area contributed by atoms with Crippen molar-refractivity contribution < 1.29 is 18.6 Å². The van der Waals surface area contributed by atoms with E-state index in [1.54, 1.807) is 0 Å². The molecule has 2 aliphatic heterocycles. The van der Waals surface area contributed by atoms with Crippen molar-refractivity contribution >= 4 is 14.2 Å². The normalized spacial score (nSPS) is 25.8. The molecule has 0 aromatic rings. The lowest BCUT2D eigenvalue weighted by Crippen LogP contribution is -2.34. The van der Waals surface area contributed by atoms with Gasteiger partial charge in [-0.2, -0.15) is 0 Å². The molecule has 1 saturated carbocycles. The second-order valence-electron chi connectivity index (χ2n) is 4.77. The van der Waals surface area contributed by atoms with E-state index in [0.717, 1.165) is 18.2 Å². The number of rotatable bonds is 2. The minimum atomic E-state index is -0.230.